The molecule has 34 heavy (non-hydrogen) atoms. The number of β-amino-alcohol motifs (C(OH)–C–C–N with tert-alkyl or cyclic N) is 1. The van der Waals surface area contributed by atoms with E-state index in [1.165, 1.54) is 0 Å². The summed E-state index contributed by atoms with van der Waals surface area (Å²) in [6.07, 6.45) is -0.382. The number of hydrogen-bond donors (Lipinski definition) is 3. The first-order valence-electron chi connectivity index (χ1n) is 11.8. The zero-order valence-corrected chi connectivity index (χ0v) is 20.1. The maximum absolute atomic E-state index is 12.7. The van der Waals surface area contributed by atoms with Gasteiger partial charge in [-0.25, -0.2) is 0 Å². The molecule has 1 aliphatic heterocycles. The standard InChI is InChI=1S/C26H36N2O6/c1-18(2)34-23-6-4-19(5-7-23)26(31)24(17-28-14-12-20(29)16-28)27-25(30)13-15-33-22-10-8-21(32-3)9-11-22/h4-11,18,20,24,26,29,31H,12-17H2,1-3H3,(H,27,30)/t20?,24-,26-/m1/s1. The lowest BCUT2D eigenvalue weighted by Crippen LogP contribution is -2.47. The number of aliphatic hydroxyl groups is 2. The molecule has 8 nitrogen and oxygen atoms in total. The van der Waals surface area contributed by atoms with E-state index in [2.05, 4.69) is 10.2 Å². The van der Waals surface area contributed by atoms with Crippen LogP contribution in [0.1, 0.15) is 38.4 Å². The number of aliphatic hydroxyl groups excluding tert-OH is 2. The molecule has 1 saturated heterocycles. The van der Waals surface area contributed by atoms with E-state index in [1.807, 2.05) is 38.1 Å². The number of nitrogens with zero attached hydrogens (tertiary/aromatic N) is 1. The minimum atomic E-state index is -0.905. The Hall–Kier alpha value is -2.81. The molecular formula is C26H36N2O6. The van der Waals surface area contributed by atoms with E-state index in [4.69, 9.17) is 14.2 Å². The Balaban J connectivity index is 1.59. The molecule has 3 rings (SSSR count). The molecule has 0 radical (unpaired) electrons. The lowest BCUT2D eigenvalue weighted by atomic mass is 10.0. The van der Waals surface area contributed by atoms with E-state index in [-0.39, 0.29) is 31.1 Å². The maximum atomic E-state index is 12.7. The number of hydrogen-bond acceptors (Lipinski definition) is 7. The van der Waals surface area contributed by atoms with Gasteiger partial charge in [0.05, 0.1) is 38.4 Å². The number of carbonyl (C=O) groups excluding carboxylic acids is 1. The minimum absolute atomic E-state index is 0.0598. The van der Waals surface area contributed by atoms with E-state index in [1.54, 1.807) is 31.4 Å². The largest absolute Gasteiger partial charge is 0.497 e. The van der Waals surface area contributed by atoms with Gasteiger partial charge < -0.3 is 29.7 Å². The number of methoxy groups -OCH3 is 1. The van der Waals surface area contributed by atoms with Gasteiger partial charge in [0.2, 0.25) is 5.91 Å². The number of benzene rings is 2. The first-order chi connectivity index (χ1) is 16.3. The monoisotopic (exact) mass is 472 g/mol. The Morgan fingerprint density at radius 2 is 1.74 bits per heavy atom. The van der Waals surface area contributed by atoms with Crippen LogP contribution in [0, 0.1) is 0 Å². The Bertz CT molecular complexity index is 887. The van der Waals surface area contributed by atoms with Crippen molar-refractivity contribution < 1.29 is 29.2 Å². The third-order valence-corrected chi connectivity index (χ3v) is 5.68. The molecule has 3 N–H and O–H groups in total. The smallest absolute Gasteiger partial charge is 0.223 e. The quantitative estimate of drug-likeness (QED) is 0.436. The first-order valence-corrected chi connectivity index (χ1v) is 11.8. The van der Waals surface area contributed by atoms with Crippen molar-refractivity contribution in [2.24, 2.45) is 0 Å². The van der Waals surface area contributed by atoms with Crippen LogP contribution in [0.25, 0.3) is 0 Å². The van der Waals surface area contributed by atoms with E-state index in [9.17, 15) is 15.0 Å². The lowest BCUT2D eigenvalue weighted by Gasteiger charge is -2.29. The maximum Gasteiger partial charge on any atom is 0.223 e. The fourth-order valence-corrected chi connectivity index (χ4v) is 3.94. The van der Waals surface area contributed by atoms with Gasteiger partial charge in [0.1, 0.15) is 23.4 Å². The van der Waals surface area contributed by atoms with Crippen LogP contribution >= 0.6 is 0 Å². The summed E-state index contributed by atoms with van der Waals surface area (Å²) < 4.78 is 16.5. The van der Waals surface area contributed by atoms with Crippen LogP contribution in [0.2, 0.25) is 0 Å². The molecule has 186 valence electrons. The molecule has 1 amide bonds. The number of rotatable bonds is 12. The van der Waals surface area contributed by atoms with E-state index in [0.717, 1.165) is 18.0 Å². The van der Waals surface area contributed by atoms with Gasteiger partial charge in [-0.1, -0.05) is 12.1 Å². The normalized spacial score (nSPS) is 17.9. The molecule has 0 spiro atoms. The van der Waals surface area contributed by atoms with Crippen molar-refractivity contribution >= 4 is 5.91 Å². The fraction of sp³-hybridized carbons (Fsp3) is 0.500. The molecule has 1 fully saturated rings. The van der Waals surface area contributed by atoms with Gasteiger partial charge in [-0.2, -0.15) is 0 Å². The zero-order chi connectivity index (χ0) is 24.5. The van der Waals surface area contributed by atoms with Crippen molar-refractivity contribution in [3.05, 3.63) is 54.1 Å². The highest BCUT2D eigenvalue weighted by Gasteiger charge is 2.29. The second-order valence-corrected chi connectivity index (χ2v) is 8.83. The molecule has 1 aliphatic rings. The number of carbonyl (C=O) groups is 1. The van der Waals surface area contributed by atoms with Crippen molar-refractivity contribution in [3.8, 4) is 17.2 Å². The highest BCUT2D eigenvalue weighted by atomic mass is 16.5. The predicted molar refractivity (Wildman–Crippen MR) is 129 cm³/mol. The summed E-state index contributed by atoms with van der Waals surface area (Å²) >= 11 is 0. The average Bonchev–Trinajstić information content (AvgIpc) is 3.23. The van der Waals surface area contributed by atoms with Gasteiger partial charge in [0.25, 0.3) is 0 Å². The van der Waals surface area contributed by atoms with Crippen LogP contribution in [0.3, 0.4) is 0 Å². The number of likely N-dealkylation sites (tertiary alicyclic amines) is 1. The lowest BCUT2D eigenvalue weighted by molar-refractivity contribution is -0.123. The predicted octanol–water partition coefficient (Wildman–Crippen LogP) is 2.54. The number of amides is 1. The van der Waals surface area contributed by atoms with Crippen LogP contribution in [-0.4, -0.2) is 72.6 Å². The van der Waals surface area contributed by atoms with Crippen molar-refractivity contribution in [3.63, 3.8) is 0 Å². The summed E-state index contributed by atoms with van der Waals surface area (Å²) in [5.41, 5.74) is 0.690. The van der Waals surface area contributed by atoms with Crippen LogP contribution in [-0.2, 0) is 4.79 Å². The van der Waals surface area contributed by atoms with Gasteiger partial charge in [-0.3, -0.25) is 9.69 Å². The van der Waals surface area contributed by atoms with Gasteiger partial charge in [-0.15, -0.1) is 0 Å². The van der Waals surface area contributed by atoms with Gasteiger partial charge in [-0.05, 0) is 62.2 Å². The summed E-state index contributed by atoms with van der Waals surface area (Å²) in [4.78, 5) is 14.7. The second kappa shape index (κ2) is 12.6. The Labute approximate surface area is 201 Å². The van der Waals surface area contributed by atoms with Crippen molar-refractivity contribution in [1.29, 1.82) is 0 Å². The van der Waals surface area contributed by atoms with Crippen molar-refractivity contribution in [2.45, 2.75) is 51.0 Å². The highest BCUT2D eigenvalue weighted by Crippen LogP contribution is 2.23. The molecule has 2 aromatic carbocycles. The Morgan fingerprint density at radius 1 is 1.09 bits per heavy atom. The summed E-state index contributed by atoms with van der Waals surface area (Å²) in [7, 11) is 1.60. The molecular weight excluding hydrogens is 436 g/mol. The van der Waals surface area contributed by atoms with E-state index >= 15 is 0 Å². The zero-order valence-electron chi connectivity index (χ0n) is 20.1. The molecule has 0 bridgehead atoms. The summed E-state index contributed by atoms with van der Waals surface area (Å²) in [6, 6.07) is 13.9. The third-order valence-electron chi connectivity index (χ3n) is 5.68. The second-order valence-electron chi connectivity index (χ2n) is 8.83. The topological polar surface area (TPSA) is 100 Å². The Kier molecular flexibility index (Phi) is 9.56. The molecule has 0 aromatic heterocycles. The van der Waals surface area contributed by atoms with Crippen LogP contribution in [0.4, 0.5) is 0 Å². The molecule has 2 aromatic rings. The summed E-state index contributed by atoms with van der Waals surface area (Å²) in [5, 5.41) is 23.9. The van der Waals surface area contributed by atoms with E-state index < -0.39 is 12.1 Å². The van der Waals surface area contributed by atoms with Gasteiger partial charge in [0.15, 0.2) is 0 Å². The Morgan fingerprint density at radius 3 is 2.32 bits per heavy atom. The van der Waals surface area contributed by atoms with Crippen molar-refractivity contribution in [2.75, 3.05) is 33.4 Å². The molecule has 3 atom stereocenters. The number of ether oxygens (including phenoxy) is 3. The first kappa shape index (κ1) is 25.8. The van der Waals surface area contributed by atoms with E-state index in [0.29, 0.717) is 30.8 Å². The number of nitrogens with one attached hydrogen (secondary N) is 1. The van der Waals surface area contributed by atoms with Crippen LogP contribution < -0.4 is 19.5 Å². The molecule has 8 heteroatoms. The third kappa shape index (κ3) is 7.90. The summed E-state index contributed by atoms with van der Waals surface area (Å²) in [5.74, 6) is 1.90. The molecule has 1 heterocycles. The minimum Gasteiger partial charge on any atom is -0.497 e. The van der Waals surface area contributed by atoms with Crippen LogP contribution in [0.15, 0.2) is 48.5 Å². The van der Waals surface area contributed by atoms with Gasteiger partial charge >= 0.3 is 0 Å². The van der Waals surface area contributed by atoms with Crippen LogP contribution in [0.5, 0.6) is 17.2 Å². The molecule has 1 unspecified atom stereocenters. The molecule has 0 saturated carbocycles. The SMILES string of the molecule is COc1ccc(OCCC(=O)N[C@H](CN2CCC(O)C2)[C@H](O)c2ccc(OC(C)C)cc2)cc1. The fourth-order valence-electron chi connectivity index (χ4n) is 3.94. The highest BCUT2D eigenvalue weighted by molar-refractivity contribution is 5.76. The van der Waals surface area contributed by atoms with Crippen molar-refractivity contribution in [1.82, 2.24) is 10.2 Å². The molecule has 0 aliphatic carbocycles. The average molecular weight is 473 g/mol. The van der Waals surface area contributed by atoms with Gasteiger partial charge in [0, 0.05) is 19.6 Å². The summed E-state index contributed by atoms with van der Waals surface area (Å²) in [6.45, 7) is 5.81.